The summed E-state index contributed by atoms with van der Waals surface area (Å²) in [7, 11) is 0.897. The summed E-state index contributed by atoms with van der Waals surface area (Å²) in [5, 5.41) is 0. The van der Waals surface area contributed by atoms with E-state index in [-0.39, 0.29) is 10.3 Å². The number of methoxy groups -OCH3 is 3. The second kappa shape index (κ2) is 10.2. The average Bonchev–Trinajstić information content (AvgIpc) is 2.82. The largest absolute Gasteiger partial charge is 0.493 e. The molecule has 180 valence electrons. The third-order valence-electron chi connectivity index (χ3n) is 5.36. The van der Waals surface area contributed by atoms with E-state index in [1.54, 1.807) is 51.7 Å². The van der Waals surface area contributed by atoms with Crippen molar-refractivity contribution in [3.05, 3.63) is 77.4 Å². The van der Waals surface area contributed by atoms with Gasteiger partial charge in [0, 0.05) is 0 Å². The van der Waals surface area contributed by atoms with E-state index in [0.29, 0.717) is 28.5 Å². The number of ether oxygens (including phenoxy) is 3. The molecule has 0 heterocycles. The molecule has 0 aliphatic heterocycles. The van der Waals surface area contributed by atoms with Crippen LogP contribution < -0.4 is 18.9 Å². The molecule has 0 saturated carbocycles. The van der Waals surface area contributed by atoms with Gasteiger partial charge in [-0.15, -0.1) is 0 Å². The molecule has 0 spiro atoms. The Balaban J connectivity index is 1.94. The Morgan fingerprint density at radius 1 is 0.794 bits per heavy atom. The lowest BCUT2D eigenvalue weighted by molar-refractivity contribution is 0.324. The summed E-state index contributed by atoms with van der Waals surface area (Å²) < 4.78 is 45.3. The van der Waals surface area contributed by atoms with E-state index in [4.69, 9.17) is 14.2 Å². The van der Waals surface area contributed by atoms with E-state index < -0.39 is 10.0 Å². The molecule has 0 saturated heterocycles. The van der Waals surface area contributed by atoms with Gasteiger partial charge in [-0.1, -0.05) is 63.3 Å². The number of hydrogen-bond acceptors (Lipinski definition) is 5. The Morgan fingerprint density at radius 2 is 1.44 bits per heavy atom. The smallest absolute Gasteiger partial charge is 0.261 e. The van der Waals surface area contributed by atoms with E-state index in [1.807, 2.05) is 42.5 Å². The second-order valence-corrected chi connectivity index (χ2v) is 10.4. The SMILES string of the molecule is COc1cc(/C=C\c2ccccc2NS(=O)(=O)c2cccc(C(C)(C)C)c2)cc(OC)c1OC. The molecule has 6 nitrogen and oxygen atoms in total. The number of hydrogen-bond donors (Lipinski definition) is 1. The Bertz CT molecular complexity index is 1270. The van der Waals surface area contributed by atoms with E-state index in [1.165, 1.54) is 0 Å². The highest BCUT2D eigenvalue weighted by atomic mass is 32.2. The van der Waals surface area contributed by atoms with Crippen molar-refractivity contribution in [1.82, 2.24) is 0 Å². The molecule has 0 fully saturated rings. The molecule has 0 bridgehead atoms. The van der Waals surface area contributed by atoms with Crippen molar-refractivity contribution in [1.29, 1.82) is 0 Å². The van der Waals surface area contributed by atoms with Crippen LogP contribution in [-0.2, 0) is 15.4 Å². The van der Waals surface area contributed by atoms with Gasteiger partial charge in [-0.2, -0.15) is 0 Å². The van der Waals surface area contributed by atoms with Crippen LogP contribution in [0.1, 0.15) is 37.5 Å². The summed E-state index contributed by atoms with van der Waals surface area (Å²) in [6, 6.07) is 17.9. The summed E-state index contributed by atoms with van der Waals surface area (Å²) in [4.78, 5) is 0.225. The quantitative estimate of drug-likeness (QED) is 0.401. The zero-order valence-electron chi connectivity index (χ0n) is 20.4. The minimum Gasteiger partial charge on any atom is -0.493 e. The Morgan fingerprint density at radius 3 is 2.03 bits per heavy atom. The summed E-state index contributed by atoms with van der Waals surface area (Å²) >= 11 is 0. The van der Waals surface area contributed by atoms with Crippen molar-refractivity contribution in [2.75, 3.05) is 26.1 Å². The van der Waals surface area contributed by atoms with Crippen LogP contribution in [0.25, 0.3) is 12.2 Å². The van der Waals surface area contributed by atoms with Gasteiger partial charge >= 0.3 is 0 Å². The zero-order chi connectivity index (χ0) is 24.9. The first-order valence-electron chi connectivity index (χ1n) is 10.8. The third-order valence-corrected chi connectivity index (χ3v) is 6.72. The predicted molar refractivity (Wildman–Crippen MR) is 137 cm³/mol. The molecule has 0 amide bonds. The predicted octanol–water partition coefficient (Wildman–Crippen LogP) is 5.98. The number of para-hydroxylation sites is 1. The summed E-state index contributed by atoms with van der Waals surface area (Å²) in [5.41, 5.74) is 2.79. The van der Waals surface area contributed by atoms with Gasteiger partial charge in [0.05, 0.1) is 31.9 Å². The average molecular weight is 482 g/mol. The first-order valence-corrected chi connectivity index (χ1v) is 12.3. The highest BCUT2D eigenvalue weighted by molar-refractivity contribution is 7.92. The number of anilines is 1. The van der Waals surface area contributed by atoms with Gasteiger partial charge in [0.15, 0.2) is 11.5 Å². The van der Waals surface area contributed by atoms with Crippen molar-refractivity contribution >= 4 is 27.9 Å². The van der Waals surface area contributed by atoms with Crippen molar-refractivity contribution in [3.63, 3.8) is 0 Å². The lowest BCUT2D eigenvalue weighted by Crippen LogP contribution is -2.16. The standard InChI is InChI=1S/C27H31NO5S/c1-27(2,3)21-11-9-12-22(18-21)34(29,30)28-23-13-8-7-10-20(23)15-14-19-16-24(31-4)26(33-6)25(17-19)32-5/h7-18,28H,1-6H3/b15-14-. The van der Waals surface area contributed by atoms with Crippen LogP contribution in [0.5, 0.6) is 17.2 Å². The maximum Gasteiger partial charge on any atom is 0.261 e. The molecule has 0 aliphatic carbocycles. The van der Waals surface area contributed by atoms with Crippen LogP contribution in [0.4, 0.5) is 5.69 Å². The van der Waals surface area contributed by atoms with Crippen LogP contribution >= 0.6 is 0 Å². The number of nitrogens with one attached hydrogen (secondary N) is 1. The van der Waals surface area contributed by atoms with Crippen LogP contribution in [0, 0.1) is 0 Å². The molecule has 0 atom stereocenters. The van der Waals surface area contributed by atoms with Crippen LogP contribution in [0.15, 0.2) is 65.6 Å². The van der Waals surface area contributed by atoms with Crippen LogP contribution in [-0.4, -0.2) is 29.7 Å². The van der Waals surface area contributed by atoms with Gasteiger partial charge in [-0.05, 0) is 52.4 Å². The lowest BCUT2D eigenvalue weighted by atomic mass is 9.87. The van der Waals surface area contributed by atoms with Crippen molar-refractivity contribution in [3.8, 4) is 17.2 Å². The van der Waals surface area contributed by atoms with Crippen molar-refractivity contribution in [2.24, 2.45) is 0 Å². The molecule has 7 heteroatoms. The molecule has 1 N–H and O–H groups in total. The number of sulfonamides is 1. The molecule has 0 aromatic heterocycles. The Kier molecular flexibility index (Phi) is 7.57. The zero-order valence-corrected chi connectivity index (χ0v) is 21.2. The van der Waals surface area contributed by atoms with Crippen LogP contribution in [0.3, 0.4) is 0 Å². The second-order valence-electron chi connectivity index (χ2n) is 8.76. The van der Waals surface area contributed by atoms with Gasteiger partial charge in [0.1, 0.15) is 0 Å². The van der Waals surface area contributed by atoms with Gasteiger partial charge in [0.2, 0.25) is 5.75 Å². The van der Waals surface area contributed by atoms with E-state index in [9.17, 15) is 8.42 Å². The minimum absolute atomic E-state index is 0.160. The van der Waals surface area contributed by atoms with Gasteiger partial charge < -0.3 is 14.2 Å². The topological polar surface area (TPSA) is 73.9 Å². The molecular weight excluding hydrogens is 450 g/mol. The van der Waals surface area contributed by atoms with Crippen LogP contribution in [0.2, 0.25) is 0 Å². The fraction of sp³-hybridized carbons (Fsp3) is 0.259. The fourth-order valence-corrected chi connectivity index (χ4v) is 4.59. The third kappa shape index (κ3) is 5.72. The van der Waals surface area contributed by atoms with Crippen molar-refractivity contribution < 1.29 is 22.6 Å². The Hall–Kier alpha value is -3.45. The molecule has 0 radical (unpaired) electrons. The molecule has 3 rings (SSSR count). The van der Waals surface area contributed by atoms with Gasteiger partial charge in [-0.3, -0.25) is 4.72 Å². The maximum absolute atomic E-state index is 13.2. The summed E-state index contributed by atoms with van der Waals surface area (Å²) in [6.45, 7) is 6.15. The van der Waals surface area contributed by atoms with E-state index in [0.717, 1.165) is 11.1 Å². The molecule has 0 unspecified atom stereocenters. The maximum atomic E-state index is 13.2. The molecular formula is C27H31NO5S. The first kappa shape index (κ1) is 25.2. The molecule has 34 heavy (non-hydrogen) atoms. The van der Waals surface area contributed by atoms with E-state index >= 15 is 0 Å². The highest BCUT2D eigenvalue weighted by Gasteiger charge is 2.20. The van der Waals surface area contributed by atoms with E-state index in [2.05, 4.69) is 25.5 Å². The van der Waals surface area contributed by atoms with Gasteiger partial charge in [0.25, 0.3) is 10.0 Å². The normalized spacial score (nSPS) is 11.9. The molecule has 3 aromatic carbocycles. The minimum atomic E-state index is -3.77. The monoisotopic (exact) mass is 481 g/mol. The fourth-order valence-electron chi connectivity index (χ4n) is 3.45. The lowest BCUT2D eigenvalue weighted by Gasteiger charge is -2.20. The summed E-state index contributed by atoms with van der Waals surface area (Å²) in [5.74, 6) is 1.58. The van der Waals surface area contributed by atoms with Gasteiger partial charge in [-0.25, -0.2) is 8.42 Å². The summed E-state index contributed by atoms with van der Waals surface area (Å²) in [6.07, 6.45) is 3.70. The molecule has 3 aromatic rings. The van der Waals surface area contributed by atoms with Crippen molar-refractivity contribution in [2.45, 2.75) is 31.1 Å². The highest BCUT2D eigenvalue weighted by Crippen LogP contribution is 2.38. The Labute approximate surface area is 202 Å². The molecule has 0 aliphatic rings. The number of benzene rings is 3. The number of rotatable bonds is 8. The first-order chi connectivity index (χ1) is 16.1.